The van der Waals surface area contributed by atoms with Crippen molar-refractivity contribution < 1.29 is 79.2 Å². The van der Waals surface area contributed by atoms with E-state index in [4.69, 9.17) is 22.9 Å². The van der Waals surface area contributed by atoms with Gasteiger partial charge in [-0.2, -0.15) is 0 Å². The quantitative estimate of drug-likeness (QED) is 0.0176. The number of amides is 4. The maximum Gasteiger partial charge on any atom is 0.353 e. The summed E-state index contributed by atoms with van der Waals surface area (Å²) < 4.78 is 0. The molecule has 32 heteroatoms. The van der Waals surface area contributed by atoms with Crippen LogP contribution in [0.4, 0.5) is 0 Å². The van der Waals surface area contributed by atoms with Crippen molar-refractivity contribution in [3.05, 3.63) is 42.8 Å². The molecule has 1 unspecified atom stereocenters. The lowest BCUT2D eigenvalue weighted by atomic mass is 9.83. The number of aliphatic hydroxyl groups excluding tert-OH is 4. The fraction of sp³-hybridized carbons (Fsp3) is 0.583. The normalized spacial score (nSPS) is 25.9. The number of rotatable bonds is 28. The summed E-state index contributed by atoms with van der Waals surface area (Å²) in [6, 6.07) is -5.12. The molecule has 0 aromatic rings. The first-order valence-corrected chi connectivity index (χ1v) is 29.1. The van der Waals surface area contributed by atoms with Gasteiger partial charge in [0.2, 0.25) is 11.8 Å². The molecule has 440 valence electrons. The van der Waals surface area contributed by atoms with Gasteiger partial charge in [0.05, 0.1) is 112 Å². The molecule has 0 bridgehead atoms. The van der Waals surface area contributed by atoms with Crippen molar-refractivity contribution in [3.8, 4) is 0 Å². The Kier molecular flexibility index (Phi) is 23.4. The molecule has 0 radical (unpaired) electrons. The van der Waals surface area contributed by atoms with Gasteiger partial charge in [-0.15, -0.1) is 47.0 Å². The summed E-state index contributed by atoms with van der Waals surface area (Å²) in [5.41, 5.74) is 20.6. The van der Waals surface area contributed by atoms with Gasteiger partial charge in [-0.05, 0) is 33.8 Å². The Balaban J connectivity index is 0.000000294. The standard InChI is InChI=1S/2C24H34N6O8S2/c2*1-11(31)17-13-7-15(39-5-3-27-9-25)19(29(13)21(17)33)22(34)30-14(18(12(2)32)23(35)36)8-16(20(30)24(37)38)40-6-4-28-10-26/h9-14,17-18,31-32H,3-8H2,1-2H3,(H2,25,27)(H2,26,28)(H,35,36)(H,37,38);8-14,17-18,20,31-32H,3-7H2,1-2H3,(H2,25,27)(H2,26,28)(H,35,36)(H,37,38)/t11-,12-,13-,14-,17-,18-;11-,12-,13-,14+,17-,18-,20?/m11/s1. The average Bonchev–Trinajstić information content (AvgIpc) is 4.12. The number of β-lactam (4-membered cyclic amide) rings is 2. The number of carbonyl (C=O) groups excluding carboxylic acids is 4. The summed E-state index contributed by atoms with van der Waals surface area (Å²) >= 11 is 4.71. The number of aliphatic carboxylic acids is 4. The van der Waals surface area contributed by atoms with Gasteiger partial charge in [0.15, 0.2) is 6.04 Å². The molecule has 6 aliphatic rings. The Morgan fingerprint density at radius 3 is 1.32 bits per heavy atom. The Morgan fingerprint density at radius 1 is 0.588 bits per heavy atom. The molecule has 0 saturated carbocycles. The van der Waals surface area contributed by atoms with Crippen LogP contribution in [0.1, 0.15) is 47.0 Å². The van der Waals surface area contributed by atoms with E-state index in [0.717, 1.165) is 58.7 Å². The number of hydrogen-bond donors (Lipinski definition) is 12. The summed E-state index contributed by atoms with van der Waals surface area (Å²) in [5.74, 6) is -11.4. The molecule has 0 aromatic heterocycles. The molecule has 6 rings (SSSR count). The van der Waals surface area contributed by atoms with Crippen molar-refractivity contribution in [1.29, 1.82) is 0 Å². The van der Waals surface area contributed by atoms with E-state index in [0.29, 0.717) is 45.9 Å². The van der Waals surface area contributed by atoms with E-state index in [1.165, 1.54) is 67.1 Å². The fourth-order valence-corrected chi connectivity index (χ4v) is 14.8. The van der Waals surface area contributed by atoms with Crippen LogP contribution < -0.4 is 22.9 Å². The van der Waals surface area contributed by atoms with Crippen LogP contribution >= 0.6 is 47.0 Å². The van der Waals surface area contributed by atoms with Gasteiger partial charge in [0.25, 0.3) is 11.8 Å². The van der Waals surface area contributed by atoms with Crippen LogP contribution in [0, 0.1) is 23.7 Å². The first kappa shape index (κ1) is 64.7. The highest BCUT2D eigenvalue weighted by Gasteiger charge is 2.61. The molecule has 0 aliphatic carbocycles. The van der Waals surface area contributed by atoms with E-state index in [9.17, 15) is 79.2 Å². The summed E-state index contributed by atoms with van der Waals surface area (Å²) in [6.45, 7) is 6.66. The molecule has 16 N–H and O–H groups in total. The minimum atomic E-state index is -1.56. The highest BCUT2D eigenvalue weighted by Crippen LogP contribution is 2.51. The van der Waals surface area contributed by atoms with E-state index >= 15 is 0 Å². The van der Waals surface area contributed by atoms with Crippen LogP contribution in [-0.4, -0.2) is 237 Å². The summed E-state index contributed by atoms with van der Waals surface area (Å²) in [5, 5.41) is 81.4. The molecule has 2 fully saturated rings. The smallest absolute Gasteiger partial charge is 0.353 e. The van der Waals surface area contributed by atoms with E-state index in [1.54, 1.807) is 0 Å². The van der Waals surface area contributed by atoms with Crippen molar-refractivity contribution in [3.63, 3.8) is 0 Å². The van der Waals surface area contributed by atoms with E-state index < -0.39 is 131 Å². The predicted octanol–water partition coefficient (Wildman–Crippen LogP) is -1.89. The molecule has 28 nitrogen and oxygen atoms in total. The second-order valence-corrected chi connectivity index (χ2v) is 23.6. The van der Waals surface area contributed by atoms with Crippen LogP contribution in [0.2, 0.25) is 0 Å². The van der Waals surface area contributed by atoms with Crippen molar-refractivity contribution >= 4 is 120 Å². The number of fused-ring (bicyclic) bond motifs is 2. The number of carboxylic acids is 4. The second-order valence-electron chi connectivity index (χ2n) is 18.9. The molecule has 0 spiro atoms. The maximum atomic E-state index is 14.3. The number of carbonyl (C=O) groups is 8. The van der Waals surface area contributed by atoms with Crippen LogP contribution in [0.3, 0.4) is 0 Å². The number of thioether (sulfide) groups is 4. The number of aliphatic imine (C=N–C) groups is 4. The average molecular weight is 1200 g/mol. The molecular weight excluding hydrogens is 1130 g/mol. The van der Waals surface area contributed by atoms with Crippen molar-refractivity contribution in [1.82, 2.24) is 19.6 Å². The monoisotopic (exact) mass is 1200 g/mol. The molecule has 4 amide bonds. The Bertz CT molecular complexity index is 2640. The molecule has 80 heavy (non-hydrogen) atoms. The van der Waals surface area contributed by atoms with Gasteiger partial charge in [-0.1, -0.05) is 0 Å². The number of nitrogens with two attached hydrogens (primary N) is 4. The molecule has 6 heterocycles. The zero-order valence-electron chi connectivity index (χ0n) is 44.0. The van der Waals surface area contributed by atoms with Gasteiger partial charge in [-0.3, -0.25) is 53.6 Å². The zero-order chi connectivity index (χ0) is 59.4. The lowest BCUT2D eigenvalue weighted by Gasteiger charge is -2.46. The fourth-order valence-electron chi connectivity index (χ4n) is 10.6. The largest absolute Gasteiger partial charge is 0.481 e. The van der Waals surface area contributed by atoms with Crippen LogP contribution in [0.5, 0.6) is 0 Å². The van der Waals surface area contributed by atoms with Crippen molar-refractivity contribution in [2.24, 2.45) is 66.6 Å². The topological polar surface area (TPSA) is 465 Å². The van der Waals surface area contributed by atoms with E-state index in [-0.39, 0.29) is 53.6 Å². The van der Waals surface area contributed by atoms with Gasteiger partial charge in [-0.25, -0.2) is 9.59 Å². The Morgan fingerprint density at radius 2 is 0.975 bits per heavy atom. The van der Waals surface area contributed by atoms with Crippen molar-refractivity contribution in [2.75, 3.05) is 49.2 Å². The number of nitrogens with zero attached hydrogens (tertiary/aromatic N) is 8. The third-order valence-corrected chi connectivity index (χ3v) is 18.3. The van der Waals surface area contributed by atoms with Gasteiger partial charge in [0, 0.05) is 61.9 Å². The molecular formula is C48H68N12O16S4. The molecule has 6 aliphatic heterocycles. The maximum absolute atomic E-state index is 14.3. The zero-order valence-corrected chi connectivity index (χ0v) is 47.3. The molecule has 2 saturated heterocycles. The predicted molar refractivity (Wildman–Crippen MR) is 301 cm³/mol. The highest BCUT2D eigenvalue weighted by atomic mass is 32.2. The summed E-state index contributed by atoms with van der Waals surface area (Å²) in [4.78, 5) is 126. The molecule has 13 atom stereocenters. The minimum Gasteiger partial charge on any atom is -0.481 e. The Labute approximate surface area is 476 Å². The number of carboxylic acid groups (broad SMARTS) is 4. The second kappa shape index (κ2) is 29.0. The first-order valence-electron chi connectivity index (χ1n) is 25.1. The third kappa shape index (κ3) is 13.8. The van der Waals surface area contributed by atoms with Gasteiger partial charge < -0.3 is 78.5 Å². The summed E-state index contributed by atoms with van der Waals surface area (Å²) in [6.07, 6.45) is 1.52. The van der Waals surface area contributed by atoms with Gasteiger partial charge in [0.1, 0.15) is 28.9 Å². The van der Waals surface area contributed by atoms with Crippen LogP contribution in [0.25, 0.3) is 0 Å². The van der Waals surface area contributed by atoms with E-state index in [2.05, 4.69) is 20.0 Å². The lowest BCUT2D eigenvalue weighted by molar-refractivity contribution is -0.162. The minimum absolute atomic E-state index is 0.0491. The van der Waals surface area contributed by atoms with Crippen LogP contribution in [-0.2, 0) is 38.4 Å². The lowest BCUT2D eigenvalue weighted by Crippen LogP contribution is -2.63. The first-order chi connectivity index (χ1) is 37.9. The number of aliphatic hydroxyl groups is 4. The Hall–Kier alpha value is -6.16. The summed E-state index contributed by atoms with van der Waals surface area (Å²) in [7, 11) is 0. The van der Waals surface area contributed by atoms with Crippen LogP contribution in [0.15, 0.2) is 62.8 Å². The molecule has 0 aromatic carbocycles. The number of hydrogen-bond acceptors (Lipinski definition) is 20. The third-order valence-electron chi connectivity index (χ3n) is 13.9. The van der Waals surface area contributed by atoms with Crippen molar-refractivity contribution in [2.45, 2.75) is 102 Å². The van der Waals surface area contributed by atoms with E-state index in [1.807, 2.05) is 0 Å². The SMILES string of the molecule is C[C@@H](O)[C@@H](C(=O)O)[C@@H]1C=C(SCCN=CN)C(C(=O)O)N1C(=O)C1=C(SCCN=CN)C[C@@H]2[C@@H]([C@@H](C)O)C(=O)N12.C[C@@H](O)[C@@H](C(=O)O)[C@H]1CC(SCCN=CN)=C(C(=O)O)N1C(=O)C1=C(SCCN=CN)C[C@@H]2[C@@H]([C@@H](C)O)C(=O)N12. The highest BCUT2D eigenvalue weighted by molar-refractivity contribution is 8.03. The van der Waals surface area contributed by atoms with Gasteiger partial charge >= 0.3 is 23.9 Å².